The summed E-state index contributed by atoms with van der Waals surface area (Å²) in [7, 11) is 1.33. The van der Waals surface area contributed by atoms with E-state index in [0.717, 1.165) is 0 Å². The van der Waals surface area contributed by atoms with Crippen LogP contribution in [-0.2, 0) is 20.9 Å². The lowest BCUT2D eigenvalue weighted by molar-refractivity contribution is -0.140. The van der Waals surface area contributed by atoms with Gasteiger partial charge in [-0.05, 0) is 37.1 Å². The van der Waals surface area contributed by atoms with Gasteiger partial charge in [0.2, 0.25) is 5.91 Å². The van der Waals surface area contributed by atoms with Crippen molar-refractivity contribution in [2.45, 2.75) is 32.0 Å². The normalized spacial score (nSPS) is 14.0. The van der Waals surface area contributed by atoms with Gasteiger partial charge in [0.05, 0.1) is 25.5 Å². The van der Waals surface area contributed by atoms with E-state index in [0.29, 0.717) is 48.0 Å². The molecular weight excluding hydrogens is 562 g/mol. The Bertz CT molecular complexity index is 1540. The predicted octanol–water partition coefficient (Wildman–Crippen LogP) is 3.34. The largest absolute Gasteiger partial charge is 0.468 e. The van der Waals surface area contributed by atoms with Gasteiger partial charge < -0.3 is 25.0 Å². The van der Waals surface area contributed by atoms with Gasteiger partial charge in [0.15, 0.2) is 5.65 Å². The Hall–Kier alpha value is -4.30. The monoisotopic (exact) mass is 588 g/mol. The third-order valence-corrected chi connectivity index (χ3v) is 6.87. The molecule has 4 heterocycles. The molecule has 1 aliphatic rings. The van der Waals surface area contributed by atoms with Crippen LogP contribution in [0.3, 0.4) is 0 Å². The van der Waals surface area contributed by atoms with Gasteiger partial charge in [-0.2, -0.15) is 19.0 Å². The number of piperidine rings is 1. The Morgan fingerprint density at radius 1 is 1.22 bits per heavy atom. The summed E-state index contributed by atoms with van der Waals surface area (Å²) in [5.41, 5.74) is 1.94. The quantitative estimate of drug-likeness (QED) is 0.268. The molecule has 0 unspecified atom stereocenters. The number of halogens is 3. The molecule has 0 saturated carbocycles. The van der Waals surface area contributed by atoms with Crippen molar-refractivity contribution in [1.29, 1.82) is 0 Å². The molecule has 2 N–H and O–H groups in total. The number of aromatic nitrogens is 5. The molecule has 1 saturated heterocycles. The molecule has 1 aromatic carbocycles. The number of likely N-dealkylation sites (tertiary alicyclic amines) is 1. The molecule has 15 heteroatoms. The predicted molar refractivity (Wildman–Crippen MR) is 145 cm³/mol. The van der Waals surface area contributed by atoms with Gasteiger partial charge in [-0.1, -0.05) is 11.6 Å². The summed E-state index contributed by atoms with van der Waals surface area (Å²) in [6.45, 7) is -2.03. The van der Waals surface area contributed by atoms with E-state index in [1.54, 1.807) is 40.3 Å². The van der Waals surface area contributed by atoms with Crippen molar-refractivity contribution in [3.05, 3.63) is 54.1 Å². The van der Waals surface area contributed by atoms with E-state index >= 15 is 0 Å². The second-order valence-electron chi connectivity index (χ2n) is 9.29. The maximum atomic E-state index is 13.2. The first-order chi connectivity index (χ1) is 19.8. The zero-order chi connectivity index (χ0) is 28.9. The van der Waals surface area contributed by atoms with Crippen molar-refractivity contribution in [3.63, 3.8) is 0 Å². The molecular formula is C26H27ClF2N8O4. The van der Waals surface area contributed by atoms with Gasteiger partial charge in [-0.15, -0.1) is 0 Å². The number of nitrogens with zero attached hydrogens (tertiary/aromatic N) is 6. The van der Waals surface area contributed by atoms with Gasteiger partial charge >= 0.3 is 12.6 Å². The zero-order valence-electron chi connectivity index (χ0n) is 22.0. The smallest absolute Gasteiger partial charge is 0.387 e. The van der Waals surface area contributed by atoms with Crippen molar-refractivity contribution in [2.75, 3.05) is 32.1 Å². The molecule has 12 nitrogen and oxygen atoms in total. The van der Waals surface area contributed by atoms with E-state index in [-0.39, 0.29) is 48.0 Å². The van der Waals surface area contributed by atoms with E-state index in [2.05, 4.69) is 30.6 Å². The molecule has 1 aliphatic heterocycles. The molecule has 5 rings (SSSR count). The average Bonchev–Trinajstić information content (AvgIpc) is 3.56. The zero-order valence-corrected chi connectivity index (χ0v) is 22.7. The fourth-order valence-corrected chi connectivity index (χ4v) is 4.78. The second-order valence-corrected chi connectivity index (χ2v) is 9.73. The minimum atomic E-state index is -3.07. The highest BCUT2D eigenvalue weighted by Gasteiger charge is 2.25. The van der Waals surface area contributed by atoms with Crippen LogP contribution in [0.25, 0.3) is 16.9 Å². The molecule has 4 aromatic rings. The first-order valence-corrected chi connectivity index (χ1v) is 13.1. The Labute approximate surface area is 238 Å². The van der Waals surface area contributed by atoms with Crippen molar-refractivity contribution in [1.82, 2.24) is 34.6 Å². The number of carbonyl (C=O) groups excluding carboxylic acids is 2. The van der Waals surface area contributed by atoms with Crippen LogP contribution in [0.15, 0.2) is 49.1 Å². The minimum Gasteiger partial charge on any atom is -0.468 e. The number of methoxy groups -OCH3 is 1. The van der Waals surface area contributed by atoms with Crippen LogP contribution in [0.4, 0.5) is 20.2 Å². The molecule has 0 radical (unpaired) electrons. The summed E-state index contributed by atoms with van der Waals surface area (Å²) in [5.74, 6) is -0.627. The Morgan fingerprint density at radius 2 is 2.02 bits per heavy atom. The molecule has 3 aromatic heterocycles. The van der Waals surface area contributed by atoms with Crippen LogP contribution in [0, 0.1) is 0 Å². The standard InChI is InChI=1S/C26H27ClF2N8O4/c1-40-23(39)13-31-17-5-9-35(10-6-17)22(38)15-36-14-20(33-19-12-32-37-8-2-7-30-25(19)37)24(34-36)18-11-16(27)3-4-21(18)41-26(28)29/h2-4,7-8,11-12,14,17,26,31,33H,5-6,9-10,13,15H2,1H3. The number of alkyl halides is 2. The third kappa shape index (κ3) is 6.72. The molecule has 0 atom stereocenters. The Balaban J connectivity index is 1.39. The van der Waals surface area contributed by atoms with Gasteiger partial charge in [-0.3, -0.25) is 14.3 Å². The highest BCUT2D eigenvalue weighted by Crippen LogP contribution is 2.38. The van der Waals surface area contributed by atoms with E-state index < -0.39 is 6.61 Å². The fraction of sp³-hybridized carbons (Fsp3) is 0.346. The van der Waals surface area contributed by atoms with Crippen molar-refractivity contribution in [3.8, 4) is 17.0 Å². The Kier molecular flexibility index (Phi) is 8.59. The van der Waals surface area contributed by atoms with Crippen molar-refractivity contribution in [2.24, 2.45) is 0 Å². The number of nitrogens with one attached hydrogen (secondary N) is 2. The second kappa shape index (κ2) is 12.5. The summed E-state index contributed by atoms with van der Waals surface area (Å²) >= 11 is 6.22. The molecule has 0 aliphatic carbocycles. The number of anilines is 2. The Morgan fingerprint density at radius 3 is 2.78 bits per heavy atom. The summed E-state index contributed by atoms with van der Waals surface area (Å²) in [6.07, 6.45) is 7.89. The van der Waals surface area contributed by atoms with E-state index in [1.807, 2.05) is 0 Å². The lowest BCUT2D eigenvalue weighted by atomic mass is 10.1. The third-order valence-electron chi connectivity index (χ3n) is 6.63. The number of ether oxygens (including phenoxy) is 2. The van der Waals surface area contributed by atoms with Crippen molar-refractivity contribution < 1.29 is 27.8 Å². The van der Waals surface area contributed by atoms with Crippen LogP contribution in [-0.4, -0.2) is 80.6 Å². The number of carbonyl (C=O) groups is 2. The van der Waals surface area contributed by atoms with E-state index in [9.17, 15) is 18.4 Å². The lowest BCUT2D eigenvalue weighted by Crippen LogP contribution is -2.47. The van der Waals surface area contributed by atoms with Gasteiger partial charge in [0, 0.05) is 48.3 Å². The molecule has 216 valence electrons. The number of rotatable bonds is 10. The molecule has 1 amide bonds. The summed E-state index contributed by atoms with van der Waals surface area (Å²) < 4.78 is 38.9. The first kappa shape index (κ1) is 28.2. The maximum Gasteiger partial charge on any atom is 0.387 e. The molecule has 0 spiro atoms. The van der Waals surface area contributed by atoms with Crippen LogP contribution < -0.4 is 15.4 Å². The number of hydrogen-bond acceptors (Lipinski definition) is 9. The van der Waals surface area contributed by atoms with Crippen LogP contribution in [0.2, 0.25) is 5.02 Å². The number of benzene rings is 1. The average molecular weight is 589 g/mol. The van der Waals surface area contributed by atoms with Crippen LogP contribution in [0.5, 0.6) is 5.75 Å². The molecule has 41 heavy (non-hydrogen) atoms. The number of hydrogen-bond donors (Lipinski definition) is 2. The summed E-state index contributed by atoms with van der Waals surface area (Å²) in [4.78, 5) is 30.6. The van der Waals surface area contributed by atoms with Gasteiger partial charge in [0.25, 0.3) is 0 Å². The SMILES string of the molecule is COC(=O)CNC1CCN(C(=O)Cn2cc(Nc3cnn4cccnc34)c(-c3cc(Cl)ccc3OC(F)F)n2)CC1. The van der Waals surface area contributed by atoms with Gasteiger partial charge in [0.1, 0.15) is 23.7 Å². The maximum absolute atomic E-state index is 13.2. The summed E-state index contributed by atoms with van der Waals surface area (Å²) in [6, 6.07) is 6.08. The number of fused-ring (bicyclic) bond motifs is 1. The highest BCUT2D eigenvalue weighted by atomic mass is 35.5. The van der Waals surface area contributed by atoms with Crippen molar-refractivity contribution >= 4 is 40.5 Å². The minimum absolute atomic E-state index is 0.0897. The molecule has 1 fully saturated rings. The summed E-state index contributed by atoms with van der Waals surface area (Å²) in [5, 5.41) is 15.5. The van der Waals surface area contributed by atoms with E-state index in [1.165, 1.54) is 30.0 Å². The number of esters is 1. The fourth-order valence-electron chi connectivity index (χ4n) is 4.61. The molecule has 0 bridgehead atoms. The first-order valence-electron chi connectivity index (χ1n) is 12.8. The lowest BCUT2D eigenvalue weighted by Gasteiger charge is -2.32. The van der Waals surface area contributed by atoms with Gasteiger partial charge in [-0.25, -0.2) is 9.50 Å². The topological polar surface area (TPSA) is 128 Å². The van der Waals surface area contributed by atoms with E-state index in [4.69, 9.17) is 16.3 Å². The van der Waals surface area contributed by atoms with Crippen LogP contribution in [0.1, 0.15) is 12.8 Å². The number of amides is 1. The van der Waals surface area contributed by atoms with Crippen LogP contribution >= 0.6 is 11.6 Å². The highest BCUT2D eigenvalue weighted by molar-refractivity contribution is 6.31.